The number of aliphatic imine (C=N–C) groups is 1. The number of fused-ring (bicyclic) bond motifs is 1. The van der Waals surface area contributed by atoms with E-state index in [1.165, 1.54) is 0 Å². The molecule has 0 spiro atoms. The van der Waals surface area contributed by atoms with Gasteiger partial charge in [-0.2, -0.15) is 0 Å². The molecule has 0 saturated carbocycles. The number of aryl methyl sites for hydroxylation is 1. The standard InChI is InChI=1S/C32H27N3O2/c1-22-13-14-25-19-26(16-18-29(25)33-22)32(36)35-30-20-28(17-15-27(30)21-37-2)34-31(23-9-5-3-6-10-23)24-11-7-4-8-12-24/h3-20H,21H2,1-2H3,(H,35,36). The first kappa shape index (κ1) is 24.1. The molecular weight excluding hydrogens is 458 g/mol. The van der Waals surface area contributed by atoms with Crippen molar-refractivity contribution in [2.75, 3.05) is 12.4 Å². The van der Waals surface area contributed by atoms with Gasteiger partial charge in [0.15, 0.2) is 0 Å². The van der Waals surface area contributed by atoms with E-state index in [1.807, 2.05) is 110 Å². The lowest BCUT2D eigenvalue weighted by Crippen LogP contribution is -2.13. The summed E-state index contributed by atoms with van der Waals surface area (Å²) in [6.45, 7) is 2.32. The van der Waals surface area contributed by atoms with Crippen LogP contribution in [-0.2, 0) is 11.3 Å². The zero-order valence-electron chi connectivity index (χ0n) is 20.8. The quantitative estimate of drug-likeness (QED) is 0.250. The molecule has 0 aliphatic heterocycles. The Morgan fingerprint density at radius 2 is 1.51 bits per heavy atom. The number of hydrogen-bond donors (Lipinski definition) is 1. The van der Waals surface area contributed by atoms with Gasteiger partial charge in [-0.3, -0.25) is 9.78 Å². The molecule has 37 heavy (non-hydrogen) atoms. The van der Waals surface area contributed by atoms with Crippen molar-refractivity contribution in [2.24, 2.45) is 4.99 Å². The predicted octanol–water partition coefficient (Wildman–Crippen LogP) is 7.11. The largest absolute Gasteiger partial charge is 0.380 e. The van der Waals surface area contributed by atoms with Crippen molar-refractivity contribution in [3.05, 3.63) is 137 Å². The van der Waals surface area contributed by atoms with Crippen LogP contribution in [0, 0.1) is 6.92 Å². The van der Waals surface area contributed by atoms with E-state index in [4.69, 9.17) is 9.73 Å². The molecule has 1 heterocycles. The summed E-state index contributed by atoms with van der Waals surface area (Å²) >= 11 is 0. The summed E-state index contributed by atoms with van der Waals surface area (Å²) in [4.78, 5) is 22.8. The van der Waals surface area contributed by atoms with Gasteiger partial charge < -0.3 is 10.1 Å². The van der Waals surface area contributed by atoms with E-state index < -0.39 is 0 Å². The first-order chi connectivity index (χ1) is 18.1. The van der Waals surface area contributed by atoms with Gasteiger partial charge in [-0.1, -0.05) is 72.8 Å². The molecular formula is C32H27N3O2. The number of carbonyl (C=O) groups excluding carboxylic acids is 1. The van der Waals surface area contributed by atoms with Crippen LogP contribution in [0.2, 0.25) is 0 Å². The highest BCUT2D eigenvalue weighted by Crippen LogP contribution is 2.27. The number of carbonyl (C=O) groups is 1. The lowest BCUT2D eigenvalue weighted by atomic mass is 10.0. The van der Waals surface area contributed by atoms with E-state index in [2.05, 4.69) is 10.3 Å². The van der Waals surface area contributed by atoms with Gasteiger partial charge >= 0.3 is 0 Å². The molecule has 5 aromatic rings. The minimum absolute atomic E-state index is 0.202. The van der Waals surface area contributed by atoms with Crippen molar-refractivity contribution in [1.82, 2.24) is 4.98 Å². The highest BCUT2D eigenvalue weighted by molar-refractivity contribution is 6.14. The van der Waals surface area contributed by atoms with Crippen molar-refractivity contribution in [3.8, 4) is 0 Å². The van der Waals surface area contributed by atoms with Crippen LogP contribution in [-0.4, -0.2) is 23.7 Å². The predicted molar refractivity (Wildman–Crippen MR) is 150 cm³/mol. The zero-order valence-corrected chi connectivity index (χ0v) is 20.8. The van der Waals surface area contributed by atoms with E-state index >= 15 is 0 Å². The smallest absolute Gasteiger partial charge is 0.255 e. The molecule has 0 aliphatic carbocycles. The minimum atomic E-state index is -0.202. The molecule has 5 heteroatoms. The topological polar surface area (TPSA) is 63.6 Å². The van der Waals surface area contributed by atoms with Crippen molar-refractivity contribution in [1.29, 1.82) is 0 Å². The van der Waals surface area contributed by atoms with Gasteiger partial charge in [0.05, 0.1) is 23.5 Å². The molecule has 0 atom stereocenters. The molecule has 0 saturated heterocycles. The molecule has 1 amide bonds. The summed E-state index contributed by atoms with van der Waals surface area (Å²) in [5, 5.41) is 3.99. The summed E-state index contributed by atoms with van der Waals surface area (Å²) in [6.07, 6.45) is 0. The molecule has 1 aromatic heterocycles. The van der Waals surface area contributed by atoms with Crippen LogP contribution >= 0.6 is 0 Å². The van der Waals surface area contributed by atoms with Gasteiger partial charge in [0.2, 0.25) is 0 Å². The van der Waals surface area contributed by atoms with Crippen LogP contribution in [0.5, 0.6) is 0 Å². The molecule has 182 valence electrons. The number of nitrogens with zero attached hydrogens (tertiary/aromatic N) is 2. The monoisotopic (exact) mass is 485 g/mol. The molecule has 5 rings (SSSR count). The van der Waals surface area contributed by atoms with Crippen LogP contribution in [0.15, 0.2) is 114 Å². The van der Waals surface area contributed by atoms with E-state index in [1.54, 1.807) is 13.2 Å². The molecule has 5 nitrogen and oxygen atoms in total. The first-order valence-corrected chi connectivity index (χ1v) is 12.1. The van der Waals surface area contributed by atoms with Crippen molar-refractivity contribution < 1.29 is 9.53 Å². The van der Waals surface area contributed by atoms with Crippen molar-refractivity contribution in [3.63, 3.8) is 0 Å². The summed E-state index contributed by atoms with van der Waals surface area (Å²) in [5.41, 5.74) is 7.51. The Hall–Kier alpha value is -4.61. The summed E-state index contributed by atoms with van der Waals surface area (Å²) < 4.78 is 5.39. The third-order valence-electron chi connectivity index (χ3n) is 6.07. The number of anilines is 1. The summed E-state index contributed by atoms with van der Waals surface area (Å²) in [5.74, 6) is -0.202. The third kappa shape index (κ3) is 5.63. The number of aromatic nitrogens is 1. The Labute approximate surface area is 216 Å². The Morgan fingerprint density at radius 1 is 0.811 bits per heavy atom. The SMILES string of the molecule is COCc1ccc(N=C(c2ccccc2)c2ccccc2)cc1NC(=O)c1ccc2nc(C)ccc2c1. The molecule has 4 aromatic carbocycles. The number of ether oxygens (including phenoxy) is 1. The lowest BCUT2D eigenvalue weighted by Gasteiger charge is -2.13. The maximum atomic E-state index is 13.2. The second-order valence-electron chi connectivity index (χ2n) is 8.78. The Morgan fingerprint density at radius 3 is 2.19 bits per heavy atom. The van der Waals surface area contributed by atoms with Gasteiger partial charge in [-0.15, -0.1) is 0 Å². The zero-order chi connectivity index (χ0) is 25.6. The fourth-order valence-corrected chi connectivity index (χ4v) is 4.21. The van der Waals surface area contributed by atoms with Crippen LogP contribution in [0.3, 0.4) is 0 Å². The lowest BCUT2D eigenvalue weighted by molar-refractivity contribution is 0.102. The highest BCUT2D eigenvalue weighted by atomic mass is 16.5. The highest BCUT2D eigenvalue weighted by Gasteiger charge is 2.13. The molecule has 1 N–H and O–H groups in total. The van der Waals surface area contributed by atoms with E-state index in [9.17, 15) is 4.79 Å². The Kier molecular flexibility index (Phi) is 7.15. The molecule has 0 bridgehead atoms. The van der Waals surface area contributed by atoms with E-state index in [0.29, 0.717) is 17.9 Å². The Balaban J connectivity index is 1.51. The first-order valence-electron chi connectivity index (χ1n) is 12.1. The second kappa shape index (κ2) is 11.0. The number of nitrogens with one attached hydrogen (secondary N) is 1. The number of benzene rings is 4. The molecule has 0 aliphatic rings. The van der Waals surface area contributed by atoms with Gasteiger partial charge in [0, 0.05) is 46.1 Å². The number of pyridine rings is 1. The number of rotatable bonds is 7. The normalized spacial score (nSPS) is 10.8. The van der Waals surface area contributed by atoms with Crippen LogP contribution in [0.1, 0.15) is 32.7 Å². The van der Waals surface area contributed by atoms with Crippen LogP contribution in [0.25, 0.3) is 10.9 Å². The van der Waals surface area contributed by atoms with Crippen molar-refractivity contribution >= 4 is 33.9 Å². The number of hydrogen-bond acceptors (Lipinski definition) is 4. The number of methoxy groups -OCH3 is 1. The van der Waals surface area contributed by atoms with Crippen LogP contribution < -0.4 is 5.32 Å². The van der Waals surface area contributed by atoms with E-state index in [0.717, 1.165) is 44.7 Å². The third-order valence-corrected chi connectivity index (χ3v) is 6.07. The van der Waals surface area contributed by atoms with Gasteiger partial charge in [0.25, 0.3) is 5.91 Å². The molecule has 0 radical (unpaired) electrons. The van der Waals surface area contributed by atoms with Gasteiger partial charge in [-0.25, -0.2) is 4.99 Å². The number of amides is 1. The average Bonchev–Trinajstić information content (AvgIpc) is 2.93. The minimum Gasteiger partial charge on any atom is -0.380 e. The molecule has 0 unspecified atom stereocenters. The second-order valence-corrected chi connectivity index (χ2v) is 8.78. The van der Waals surface area contributed by atoms with Gasteiger partial charge in [-0.05, 0) is 43.3 Å². The summed E-state index contributed by atoms with van der Waals surface area (Å²) in [7, 11) is 1.64. The maximum absolute atomic E-state index is 13.2. The van der Waals surface area contributed by atoms with E-state index in [-0.39, 0.29) is 5.91 Å². The van der Waals surface area contributed by atoms with Crippen LogP contribution in [0.4, 0.5) is 11.4 Å². The maximum Gasteiger partial charge on any atom is 0.255 e. The molecule has 0 fully saturated rings. The van der Waals surface area contributed by atoms with Gasteiger partial charge in [0.1, 0.15) is 0 Å². The fraction of sp³-hybridized carbons (Fsp3) is 0.0938. The fourth-order valence-electron chi connectivity index (χ4n) is 4.21. The van der Waals surface area contributed by atoms with Crippen molar-refractivity contribution in [2.45, 2.75) is 13.5 Å². The Bertz CT molecular complexity index is 1540. The summed E-state index contributed by atoms with van der Waals surface area (Å²) in [6, 6.07) is 35.4. The average molecular weight is 486 g/mol.